The van der Waals surface area contributed by atoms with E-state index in [9.17, 15) is 4.79 Å². The normalized spacial score (nSPS) is 11.4. The average Bonchev–Trinajstić information content (AvgIpc) is 3.22. The fraction of sp³-hybridized carbons (Fsp3) is 0.0435. The van der Waals surface area contributed by atoms with Crippen LogP contribution >= 0.6 is 0 Å². The summed E-state index contributed by atoms with van der Waals surface area (Å²) in [6, 6.07) is 21.5. The van der Waals surface area contributed by atoms with Gasteiger partial charge < -0.3 is 15.6 Å². The van der Waals surface area contributed by atoms with Gasteiger partial charge in [0.2, 0.25) is 0 Å². The maximum Gasteiger partial charge on any atom is 0.271 e. The molecule has 2 aromatic heterocycles. The fourth-order valence-electron chi connectivity index (χ4n) is 3.11. The third kappa shape index (κ3) is 3.64. The summed E-state index contributed by atoms with van der Waals surface area (Å²) < 4.78 is 0. The molecule has 0 saturated heterocycles. The molecule has 138 valence electrons. The minimum Gasteiger partial charge on any atom is -0.384 e. The zero-order chi connectivity index (χ0) is 19.3. The lowest BCUT2D eigenvalue weighted by atomic mass is 10.0. The van der Waals surface area contributed by atoms with Gasteiger partial charge in [-0.15, -0.1) is 0 Å². The molecule has 2 heterocycles. The number of anilines is 1. The minimum absolute atomic E-state index is 0.184. The van der Waals surface area contributed by atoms with Crippen molar-refractivity contribution < 1.29 is 4.79 Å². The summed E-state index contributed by atoms with van der Waals surface area (Å²) in [4.78, 5) is 20.0. The Morgan fingerprint density at radius 2 is 1.79 bits per heavy atom. The van der Waals surface area contributed by atoms with Crippen molar-refractivity contribution >= 4 is 28.7 Å². The summed E-state index contributed by atoms with van der Waals surface area (Å²) >= 11 is 0. The third-order valence-electron chi connectivity index (χ3n) is 4.54. The number of hydrogen-bond donors (Lipinski definition) is 3. The Morgan fingerprint density at radius 1 is 1.00 bits per heavy atom. The van der Waals surface area contributed by atoms with E-state index in [2.05, 4.69) is 20.6 Å². The van der Waals surface area contributed by atoms with E-state index < -0.39 is 0 Å². The number of hydrogen-bond acceptors (Lipinski definition) is 3. The number of nitrogens with one attached hydrogen (secondary N) is 3. The Kier molecular flexibility index (Phi) is 4.89. The van der Waals surface area contributed by atoms with E-state index in [1.165, 1.54) is 0 Å². The largest absolute Gasteiger partial charge is 0.384 e. The van der Waals surface area contributed by atoms with Gasteiger partial charge in [-0.25, -0.2) is 4.98 Å². The number of benzene rings is 2. The van der Waals surface area contributed by atoms with E-state index in [0.717, 1.165) is 33.4 Å². The van der Waals surface area contributed by atoms with Gasteiger partial charge in [0.1, 0.15) is 11.3 Å². The molecule has 0 spiro atoms. The summed E-state index contributed by atoms with van der Waals surface area (Å²) in [7, 11) is 1.74. The summed E-state index contributed by atoms with van der Waals surface area (Å²) in [5.41, 5.74) is 5.23. The summed E-state index contributed by atoms with van der Waals surface area (Å²) in [6.07, 6.45) is 5.49. The van der Waals surface area contributed by atoms with Crippen LogP contribution in [0, 0.1) is 0 Å². The minimum atomic E-state index is -0.184. The SMILES string of the molecule is CNC(=Cc1ccccc1)C(=O)Nc1ccc(-c2ccnc3[nH]ccc23)cc1. The van der Waals surface area contributed by atoms with Crippen LogP contribution in [-0.2, 0) is 4.79 Å². The molecule has 5 nitrogen and oxygen atoms in total. The van der Waals surface area contributed by atoms with E-state index in [1.54, 1.807) is 13.2 Å². The molecule has 5 heteroatoms. The van der Waals surface area contributed by atoms with Crippen LogP contribution in [0.15, 0.2) is 84.8 Å². The zero-order valence-electron chi connectivity index (χ0n) is 15.4. The molecule has 0 saturated carbocycles. The Balaban J connectivity index is 1.53. The highest BCUT2D eigenvalue weighted by Crippen LogP contribution is 2.27. The van der Waals surface area contributed by atoms with Gasteiger partial charge in [-0.05, 0) is 47.0 Å². The first-order valence-corrected chi connectivity index (χ1v) is 9.03. The van der Waals surface area contributed by atoms with Gasteiger partial charge in [0, 0.05) is 30.5 Å². The number of H-pyrrole nitrogens is 1. The second-order valence-electron chi connectivity index (χ2n) is 6.35. The Bertz CT molecular complexity index is 1130. The number of amides is 1. The summed E-state index contributed by atoms with van der Waals surface area (Å²) in [5.74, 6) is -0.184. The molecule has 28 heavy (non-hydrogen) atoms. The molecular weight excluding hydrogens is 348 g/mol. The Hall–Kier alpha value is -3.86. The highest BCUT2D eigenvalue weighted by Gasteiger charge is 2.09. The maximum atomic E-state index is 12.6. The van der Waals surface area contributed by atoms with Crippen molar-refractivity contribution in [2.24, 2.45) is 0 Å². The lowest BCUT2D eigenvalue weighted by Gasteiger charge is -2.10. The molecule has 0 unspecified atom stereocenters. The summed E-state index contributed by atoms with van der Waals surface area (Å²) in [6.45, 7) is 0. The van der Waals surface area contributed by atoms with E-state index in [0.29, 0.717) is 5.70 Å². The summed E-state index contributed by atoms with van der Waals surface area (Å²) in [5, 5.41) is 6.97. The molecule has 0 bridgehead atoms. The predicted molar refractivity (Wildman–Crippen MR) is 114 cm³/mol. The number of aromatic amines is 1. The molecule has 0 aliphatic heterocycles. The van der Waals surface area contributed by atoms with Crippen molar-refractivity contribution in [2.45, 2.75) is 0 Å². The molecule has 0 fully saturated rings. The first-order valence-electron chi connectivity index (χ1n) is 9.03. The lowest BCUT2D eigenvalue weighted by molar-refractivity contribution is -0.113. The van der Waals surface area contributed by atoms with E-state index in [4.69, 9.17) is 0 Å². The van der Waals surface area contributed by atoms with Crippen LogP contribution < -0.4 is 10.6 Å². The van der Waals surface area contributed by atoms with Crippen LogP contribution in [0.5, 0.6) is 0 Å². The topological polar surface area (TPSA) is 69.8 Å². The fourth-order valence-corrected chi connectivity index (χ4v) is 3.11. The van der Waals surface area contributed by atoms with Crippen LogP contribution in [0.1, 0.15) is 5.56 Å². The van der Waals surface area contributed by atoms with Gasteiger partial charge >= 0.3 is 0 Å². The quantitative estimate of drug-likeness (QED) is 0.457. The van der Waals surface area contributed by atoms with Gasteiger partial charge in [0.25, 0.3) is 5.91 Å². The number of carbonyl (C=O) groups excluding carboxylic acids is 1. The van der Waals surface area contributed by atoms with Gasteiger partial charge in [-0.1, -0.05) is 42.5 Å². The average molecular weight is 368 g/mol. The second kappa shape index (κ2) is 7.80. The first kappa shape index (κ1) is 17.5. The molecule has 1 amide bonds. The number of carbonyl (C=O) groups is 1. The maximum absolute atomic E-state index is 12.6. The highest BCUT2D eigenvalue weighted by molar-refractivity contribution is 6.06. The number of nitrogens with zero attached hydrogens (tertiary/aromatic N) is 1. The molecule has 4 aromatic rings. The number of likely N-dealkylation sites (N-methyl/N-ethyl adjacent to an activating group) is 1. The van der Waals surface area contributed by atoms with Gasteiger partial charge in [0.15, 0.2) is 0 Å². The third-order valence-corrected chi connectivity index (χ3v) is 4.54. The molecule has 0 atom stereocenters. The molecular formula is C23H20N4O. The Labute approximate surface area is 163 Å². The van der Waals surface area contributed by atoms with Crippen LogP contribution in [0.3, 0.4) is 0 Å². The van der Waals surface area contributed by atoms with E-state index in [-0.39, 0.29) is 5.91 Å². The van der Waals surface area contributed by atoms with Gasteiger partial charge in [-0.2, -0.15) is 0 Å². The number of fused-ring (bicyclic) bond motifs is 1. The predicted octanol–water partition coefficient (Wildman–Crippen LogP) is 4.43. The molecule has 0 aliphatic rings. The van der Waals surface area contributed by atoms with Crippen molar-refractivity contribution in [3.8, 4) is 11.1 Å². The number of aromatic nitrogens is 2. The van der Waals surface area contributed by atoms with Crippen molar-refractivity contribution in [3.05, 3.63) is 90.4 Å². The molecule has 4 rings (SSSR count). The molecule has 0 aliphatic carbocycles. The van der Waals surface area contributed by atoms with E-state index >= 15 is 0 Å². The molecule has 0 radical (unpaired) electrons. The second-order valence-corrected chi connectivity index (χ2v) is 6.35. The van der Waals surface area contributed by atoms with Crippen molar-refractivity contribution in [1.82, 2.24) is 15.3 Å². The van der Waals surface area contributed by atoms with E-state index in [1.807, 2.05) is 79.0 Å². The Morgan fingerprint density at radius 3 is 2.54 bits per heavy atom. The van der Waals surface area contributed by atoms with Crippen molar-refractivity contribution in [3.63, 3.8) is 0 Å². The van der Waals surface area contributed by atoms with Gasteiger partial charge in [-0.3, -0.25) is 4.79 Å². The zero-order valence-corrected chi connectivity index (χ0v) is 15.4. The van der Waals surface area contributed by atoms with Crippen LogP contribution in [0.25, 0.3) is 28.2 Å². The van der Waals surface area contributed by atoms with Gasteiger partial charge in [0.05, 0.1) is 0 Å². The number of pyridine rings is 1. The molecule has 2 aromatic carbocycles. The van der Waals surface area contributed by atoms with Crippen molar-refractivity contribution in [1.29, 1.82) is 0 Å². The highest BCUT2D eigenvalue weighted by atomic mass is 16.2. The van der Waals surface area contributed by atoms with Crippen LogP contribution in [0.4, 0.5) is 5.69 Å². The monoisotopic (exact) mass is 368 g/mol. The van der Waals surface area contributed by atoms with Crippen LogP contribution in [0.2, 0.25) is 0 Å². The molecule has 3 N–H and O–H groups in total. The van der Waals surface area contributed by atoms with Crippen LogP contribution in [-0.4, -0.2) is 22.9 Å². The standard InChI is InChI=1S/C23H20N4O/c1-24-21(15-16-5-3-2-4-6-16)23(28)27-18-9-7-17(8-10-18)19-11-13-25-22-20(19)12-14-26-22/h2-15,24H,1H3,(H,25,26)(H,27,28). The smallest absolute Gasteiger partial charge is 0.271 e. The lowest BCUT2D eigenvalue weighted by Crippen LogP contribution is -2.22. The van der Waals surface area contributed by atoms with Crippen molar-refractivity contribution in [2.75, 3.05) is 12.4 Å². The first-order chi connectivity index (χ1) is 13.7. The number of rotatable bonds is 5.